The molecule has 0 saturated heterocycles. The van der Waals surface area contributed by atoms with Crippen molar-refractivity contribution in [3.8, 4) is 5.75 Å². The minimum absolute atomic E-state index is 0.105. The number of carbonyl (C=O) groups excluding carboxylic acids is 1. The van der Waals surface area contributed by atoms with Gasteiger partial charge in [0.25, 0.3) is 5.91 Å². The topological polar surface area (TPSA) is 50.7 Å². The molecule has 0 heterocycles. The van der Waals surface area contributed by atoms with Crippen molar-refractivity contribution in [1.29, 1.82) is 0 Å². The summed E-state index contributed by atoms with van der Waals surface area (Å²) in [6, 6.07) is 7.45. The SMILES string of the molecule is Cc1ccccc1OCC(=O)NN=C(CCl)CCl. The molecule has 0 fully saturated rings. The monoisotopic (exact) mass is 288 g/mol. The van der Waals surface area contributed by atoms with E-state index < -0.39 is 0 Å². The zero-order valence-corrected chi connectivity index (χ0v) is 11.5. The Balaban J connectivity index is 2.43. The molecular weight excluding hydrogens is 275 g/mol. The minimum Gasteiger partial charge on any atom is -0.483 e. The van der Waals surface area contributed by atoms with Gasteiger partial charge in [-0.2, -0.15) is 5.10 Å². The van der Waals surface area contributed by atoms with Crippen LogP contribution in [0.5, 0.6) is 5.75 Å². The minimum atomic E-state index is -0.356. The number of amides is 1. The molecule has 4 nitrogen and oxygen atoms in total. The van der Waals surface area contributed by atoms with Crippen LogP contribution >= 0.6 is 23.2 Å². The molecule has 1 N–H and O–H groups in total. The maximum atomic E-state index is 11.4. The number of nitrogens with zero attached hydrogens (tertiary/aromatic N) is 1. The number of nitrogens with one attached hydrogen (secondary N) is 1. The summed E-state index contributed by atoms with van der Waals surface area (Å²) in [7, 11) is 0. The summed E-state index contributed by atoms with van der Waals surface area (Å²) in [6.45, 7) is 1.80. The third kappa shape index (κ3) is 4.94. The fraction of sp³-hybridized carbons (Fsp3) is 0.333. The number of benzene rings is 1. The molecule has 0 aliphatic rings. The molecule has 0 saturated carbocycles. The highest BCUT2D eigenvalue weighted by atomic mass is 35.5. The van der Waals surface area contributed by atoms with Crippen LogP contribution in [-0.2, 0) is 4.79 Å². The van der Waals surface area contributed by atoms with Gasteiger partial charge >= 0.3 is 0 Å². The lowest BCUT2D eigenvalue weighted by molar-refractivity contribution is -0.123. The highest BCUT2D eigenvalue weighted by molar-refractivity contribution is 6.37. The standard InChI is InChI=1S/C12H14Cl2N2O2/c1-9-4-2-3-5-11(9)18-8-12(17)16-15-10(6-13)7-14/h2-5H,6-8H2,1H3,(H,16,17). The van der Waals surface area contributed by atoms with Crippen molar-refractivity contribution in [2.75, 3.05) is 18.4 Å². The molecule has 0 atom stereocenters. The normalized spacial score (nSPS) is 9.72. The first-order valence-electron chi connectivity index (χ1n) is 5.32. The van der Waals surface area contributed by atoms with E-state index in [2.05, 4.69) is 10.5 Å². The number of rotatable bonds is 6. The first-order valence-corrected chi connectivity index (χ1v) is 6.39. The molecule has 6 heteroatoms. The fourth-order valence-electron chi connectivity index (χ4n) is 1.13. The number of alkyl halides is 2. The van der Waals surface area contributed by atoms with Gasteiger partial charge in [0.1, 0.15) is 5.75 Å². The predicted molar refractivity (Wildman–Crippen MR) is 73.7 cm³/mol. The summed E-state index contributed by atoms with van der Waals surface area (Å²) >= 11 is 11.1. The Bertz CT molecular complexity index is 430. The summed E-state index contributed by atoms with van der Waals surface area (Å²) in [4.78, 5) is 11.4. The van der Waals surface area contributed by atoms with Crippen LogP contribution in [0.1, 0.15) is 5.56 Å². The van der Waals surface area contributed by atoms with Crippen LogP contribution < -0.4 is 10.2 Å². The number of carbonyl (C=O) groups is 1. The van der Waals surface area contributed by atoms with Crippen LogP contribution in [0.4, 0.5) is 0 Å². The molecule has 1 aromatic rings. The average Bonchev–Trinajstić information content (AvgIpc) is 2.39. The Kier molecular flexibility index (Phi) is 6.54. The van der Waals surface area contributed by atoms with Gasteiger partial charge in [0.05, 0.1) is 17.5 Å². The number of para-hydroxylation sites is 1. The zero-order valence-electron chi connectivity index (χ0n) is 9.95. The van der Waals surface area contributed by atoms with Crippen molar-refractivity contribution >= 4 is 34.8 Å². The first kappa shape index (κ1) is 14.8. The van der Waals surface area contributed by atoms with Crippen molar-refractivity contribution < 1.29 is 9.53 Å². The number of hydrazone groups is 1. The van der Waals surface area contributed by atoms with Gasteiger partial charge in [0, 0.05) is 0 Å². The molecular formula is C12H14Cl2N2O2. The second-order valence-corrected chi connectivity index (χ2v) is 4.07. The Labute approximate surface area is 116 Å². The zero-order chi connectivity index (χ0) is 13.4. The van der Waals surface area contributed by atoms with E-state index in [1.807, 2.05) is 25.1 Å². The summed E-state index contributed by atoms with van der Waals surface area (Å²) in [5, 5.41) is 3.77. The van der Waals surface area contributed by atoms with E-state index in [9.17, 15) is 4.79 Å². The van der Waals surface area contributed by atoms with Crippen LogP contribution in [0.2, 0.25) is 0 Å². The van der Waals surface area contributed by atoms with Crippen molar-refractivity contribution in [3.63, 3.8) is 0 Å². The van der Waals surface area contributed by atoms with Gasteiger partial charge in [-0.15, -0.1) is 23.2 Å². The molecule has 98 valence electrons. The Morgan fingerprint density at radius 1 is 1.33 bits per heavy atom. The molecule has 18 heavy (non-hydrogen) atoms. The summed E-state index contributed by atoms with van der Waals surface area (Å²) in [6.07, 6.45) is 0. The van der Waals surface area contributed by atoms with E-state index in [0.29, 0.717) is 11.5 Å². The largest absolute Gasteiger partial charge is 0.483 e. The third-order valence-electron chi connectivity index (χ3n) is 2.10. The van der Waals surface area contributed by atoms with E-state index in [1.165, 1.54) is 0 Å². The number of halogens is 2. The van der Waals surface area contributed by atoms with Crippen LogP contribution in [-0.4, -0.2) is 30.0 Å². The number of hydrogen-bond donors (Lipinski definition) is 1. The Hall–Kier alpha value is -1.26. The number of aryl methyl sites for hydroxylation is 1. The Morgan fingerprint density at radius 3 is 2.61 bits per heavy atom. The van der Waals surface area contributed by atoms with Crippen LogP contribution in [0, 0.1) is 6.92 Å². The van der Waals surface area contributed by atoms with Gasteiger partial charge in [-0.25, -0.2) is 5.43 Å². The highest BCUT2D eigenvalue weighted by Gasteiger charge is 2.04. The summed E-state index contributed by atoms with van der Waals surface area (Å²) in [5.74, 6) is 0.683. The molecule has 1 amide bonds. The molecule has 0 bridgehead atoms. The van der Waals surface area contributed by atoms with Gasteiger partial charge in [-0.3, -0.25) is 4.79 Å². The van der Waals surface area contributed by atoms with Gasteiger partial charge in [0.2, 0.25) is 0 Å². The van der Waals surface area contributed by atoms with Gasteiger partial charge < -0.3 is 4.74 Å². The molecule has 0 unspecified atom stereocenters. The van der Waals surface area contributed by atoms with Crippen molar-refractivity contribution in [3.05, 3.63) is 29.8 Å². The third-order valence-corrected chi connectivity index (χ3v) is 2.72. The molecule has 0 aromatic heterocycles. The van der Waals surface area contributed by atoms with Gasteiger partial charge in [-0.1, -0.05) is 18.2 Å². The summed E-state index contributed by atoms with van der Waals surface area (Å²) < 4.78 is 5.35. The lowest BCUT2D eigenvalue weighted by Gasteiger charge is -2.07. The molecule has 1 rings (SSSR count). The second kappa shape index (κ2) is 7.95. The van der Waals surface area contributed by atoms with Gasteiger partial charge in [-0.05, 0) is 18.6 Å². The van der Waals surface area contributed by atoms with E-state index in [4.69, 9.17) is 27.9 Å². The number of hydrogen-bond acceptors (Lipinski definition) is 3. The van der Waals surface area contributed by atoms with E-state index >= 15 is 0 Å². The van der Waals surface area contributed by atoms with Crippen LogP contribution in [0.25, 0.3) is 0 Å². The Morgan fingerprint density at radius 2 is 2.00 bits per heavy atom. The van der Waals surface area contributed by atoms with Crippen molar-refractivity contribution in [1.82, 2.24) is 5.43 Å². The average molecular weight is 289 g/mol. The van der Waals surface area contributed by atoms with Crippen molar-refractivity contribution in [2.45, 2.75) is 6.92 Å². The lowest BCUT2D eigenvalue weighted by atomic mass is 10.2. The molecule has 1 aromatic carbocycles. The number of ether oxygens (including phenoxy) is 1. The van der Waals surface area contributed by atoms with E-state index in [0.717, 1.165) is 5.56 Å². The van der Waals surface area contributed by atoms with E-state index in [-0.39, 0.29) is 24.3 Å². The first-order chi connectivity index (χ1) is 8.67. The maximum Gasteiger partial charge on any atom is 0.277 e. The summed E-state index contributed by atoms with van der Waals surface area (Å²) in [5.41, 5.74) is 3.80. The molecule has 0 radical (unpaired) electrons. The molecule has 0 aliphatic carbocycles. The van der Waals surface area contributed by atoms with E-state index in [1.54, 1.807) is 6.07 Å². The highest BCUT2D eigenvalue weighted by Crippen LogP contribution is 2.15. The fourth-order valence-corrected chi connectivity index (χ4v) is 1.54. The smallest absolute Gasteiger partial charge is 0.277 e. The quantitative estimate of drug-likeness (QED) is 0.496. The maximum absolute atomic E-state index is 11.4. The van der Waals surface area contributed by atoms with Crippen molar-refractivity contribution in [2.24, 2.45) is 5.10 Å². The van der Waals surface area contributed by atoms with Gasteiger partial charge in [0.15, 0.2) is 6.61 Å². The lowest BCUT2D eigenvalue weighted by Crippen LogP contribution is -2.26. The molecule has 0 aliphatic heterocycles. The predicted octanol–water partition coefficient (Wildman–Crippen LogP) is 2.32. The molecule has 0 spiro atoms. The van der Waals surface area contributed by atoms with Crippen LogP contribution in [0.15, 0.2) is 29.4 Å². The second-order valence-electron chi connectivity index (χ2n) is 3.53. The van der Waals surface area contributed by atoms with Crippen LogP contribution in [0.3, 0.4) is 0 Å².